The summed E-state index contributed by atoms with van der Waals surface area (Å²) in [5.41, 5.74) is 1.75. The molecular formula is C18H27N5O. The van der Waals surface area contributed by atoms with Crippen LogP contribution in [0, 0.1) is 6.92 Å². The van der Waals surface area contributed by atoms with Crippen molar-refractivity contribution in [1.82, 2.24) is 24.2 Å². The molecule has 1 fully saturated rings. The predicted octanol–water partition coefficient (Wildman–Crippen LogP) is 2.88. The van der Waals surface area contributed by atoms with Gasteiger partial charge in [0.2, 0.25) is 0 Å². The predicted molar refractivity (Wildman–Crippen MR) is 92.8 cm³/mol. The van der Waals surface area contributed by atoms with Gasteiger partial charge in [-0.3, -0.25) is 9.48 Å². The summed E-state index contributed by atoms with van der Waals surface area (Å²) in [5, 5.41) is 4.39. The number of piperidine rings is 1. The molecule has 1 atom stereocenters. The Hall–Kier alpha value is -2.11. The van der Waals surface area contributed by atoms with Crippen molar-refractivity contribution in [2.75, 3.05) is 6.54 Å². The molecule has 1 aliphatic rings. The van der Waals surface area contributed by atoms with Crippen LogP contribution in [-0.2, 0) is 13.1 Å². The molecule has 0 bridgehead atoms. The van der Waals surface area contributed by atoms with Crippen LogP contribution >= 0.6 is 0 Å². The number of imidazole rings is 1. The van der Waals surface area contributed by atoms with E-state index in [1.807, 2.05) is 24.1 Å². The second-order valence-corrected chi connectivity index (χ2v) is 6.60. The van der Waals surface area contributed by atoms with Crippen LogP contribution < -0.4 is 0 Å². The van der Waals surface area contributed by atoms with Crippen molar-refractivity contribution in [1.29, 1.82) is 0 Å². The standard InChI is InChI=1S/C18H27N5O/c1-3-9-23-15(2)17(13-20-23)18(24)22-10-5-4-6-16(22)7-11-21-12-8-19-14-21/h8,12-14,16H,3-7,9-11H2,1-2H3/t16-/m0/s1. The van der Waals surface area contributed by atoms with E-state index in [2.05, 4.69) is 26.5 Å². The quantitative estimate of drug-likeness (QED) is 0.819. The van der Waals surface area contributed by atoms with Crippen LogP contribution in [0.15, 0.2) is 24.9 Å². The van der Waals surface area contributed by atoms with Crippen molar-refractivity contribution in [3.8, 4) is 0 Å². The first kappa shape index (κ1) is 16.7. The number of likely N-dealkylation sites (tertiary alicyclic amines) is 1. The van der Waals surface area contributed by atoms with Gasteiger partial charge in [0.05, 0.1) is 18.1 Å². The lowest BCUT2D eigenvalue weighted by molar-refractivity contribution is 0.0594. The van der Waals surface area contributed by atoms with Gasteiger partial charge >= 0.3 is 0 Å². The van der Waals surface area contributed by atoms with Crippen molar-refractivity contribution in [2.45, 2.75) is 65.1 Å². The van der Waals surface area contributed by atoms with Crippen molar-refractivity contribution in [2.24, 2.45) is 0 Å². The molecule has 0 radical (unpaired) electrons. The molecule has 0 aliphatic carbocycles. The summed E-state index contributed by atoms with van der Waals surface area (Å²) in [4.78, 5) is 19.2. The van der Waals surface area contributed by atoms with E-state index in [0.717, 1.165) is 56.6 Å². The molecule has 0 saturated carbocycles. The van der Waals surface area contributed by atoms with E-state index < -0.39 is 0 Å². The first-order valence-electron chi connectivity index (χ1n) is 8.99. The van der Waals surface area contributed by atoms with Crippen LogP contribution in [0.1, 0.15) is 55.1 Å². The molecule has 0 N–H and O–H groups in total. The van der Waals surface area contributed by atoms with E-state index >= 15 is 0 Å². The molecule has 6 nitrogen and oxygen atoms in total. The maximum Gasteiger partial charge on any atom is 0.257 e. The number of rotatable bonds is 6. The molecule has 2 aromatic heterocycles. The lowest BCUT2D eigenvalue weighted by Gasteiger charge is -2.36. The fourth-order valence-electron chi connectivity index (χ4n) is 3.53. The van der Waals surface area contributed by atoms with Gasteiger partial charge in [0.1, 0.15) is 0 Å². The van der Waals surface area contributed by atoms with Crippen LogP contribution in [0.2, 0.25) is 0 Å². The summed E-state index contributed by atoms with van der Waals surface area (Å²) in [6, 6.07) is 0.308. The smallest absolute Gasteiger partial charge is 0.257 e. The number of carbonyl (C=O) groups excluding carboxylic acids is 1. The van der Waals surface area contributed by atoms with Gasteiger partial charge in [0.25, 0.3) is 5.91 Å². The summed E-state index contributed by atoms with van der Waals surface area (Å²) in [5.74, 6) is 0.144. The van der Waals surface area contributed by atoms with E-state index in [-0.39, 0.29) is 5.91 Å². The molecular weight excluding hydrogens is 302 g/mol. The molecule has 130 valence electrons. The Balaban J connectivity index is 1.71. The van der Waals surface area contributed by atoms with E-state index in [4.69, 9.17) is 0 Å². The van der Waals surface area contributed by atoms with Crippen LogP contribution in [0.3, 0.4) is 0 Å². The highest BCUT2D eigenvalue weighted by Crippen LogP contribution is 2.23. The molecule has 1 aliphatic heterocycles. The Kier molecular flexibility index (Phi) is 5.33. The maximum absolute atomic E-state index is 13.1. The Labute approximate surface area is 143 Å². The topological polar surface area (TPSA) is 56.0 Å². The molecule has 2 aromatic rings. The zero-order chi connectivity index (χ0) is 16.9. The fraction of sp³-hybridized carbons (Fsp3) is 0.611. The van der Waals surface area contributed by atoms with Gasteiger partial charge in [0.15, 0.2) is 0 Å². The number of hydrogen-bond acceptors (Lipinski definition) is 3. The van der Waals surface area contributed by atoms with Gasteiger partial charge < -0.3 is 9.47 Å². The van der Waals surface area contributed by atoms with Crippen molar-refractivity contribution in [3.63, 3.8) is 0 Å². The first-order valence-corrected chi connectivity index (χ1v) is 8.99. The third kappa shape index (κ3) is 3.52. The van der Waals surface area contributed by atoms with Crippen LogP contribution in [-0.4, -0.2) is 42.7 Å². The Morgan fingerprint density at radius 1 is 1.33 bits per heavy atom. The second-order valence-electron chi connectivity index (χ2n) is 6.60. The summed E-state index contributed by atoms with van der Waals surface area (Å²) in [6.07, 6.45) is 12.7. The molecule has 3 rings (SSSR count). The van der Waals surface area contributed by atoms with Gasteiger partial charge in [-0.05, 0) is 39.0 Å². The highest BCUT2D eigenvalue weighted by Gasteiger charge is 2.29. The maximum atomic E-state index is 13.1. The number of nitrogens with zero attached hydrogens (tertiary/aromatic N) is 5. The minimum Gasteiger partial charge on any atom is -0.337 e. The SMILES string of the molecule is CCCn1ncc(C(=O)N2CCCC[C@H]2CCn2ccnc2)c1C. The molecule has 3 heterocycles. The number of aromatic nitrogens is 4. The van der Waals surface area contributed by atoms with Gasteiger partial charge in [-0.1, -0.05) is 6.92 Å². The van der Waals surface area contributed by atoms with E-state index in [0.29, 0.717) is 6.04 Å². The van der Waals surface area contributed by atoms with Crippen molar-refractivity contribution in [3.05, 3.63) is 36.2 Å². The number of amides is 1. The molecule has 1 amide bonds. The molecule has 0 unspecified atom stereocenters. The summed E-state index contributed by atoms with van der Waals surface area (Å²) in [6.45, 7) is 6.75. The van der Waals surface area contributed by atoms with Crippen LogP contribution in [0.5, 0.6) is 0 Å². The lowest BCUT2D eigenvalue weighted by atomic mass is 9.98. The minimum absolute atomic E-state index is 0.144. The molecule has 1 saturated heterocycles. The van der Waals surface area contributed by atoms with E-state index in [1.165, 1.54) is 6.42 Å². The van der Waals surface area contributed by atoms with Gasteiger partial charge in [-0.15, -0.1) is 0 Å². The summed E-state index contributed by atoms with van der Waals surface area (Å²) in [7, 11) is 0. The molecule has 0 aromatic carbocycles. The highest BCUT2D eigenvalue weighted by molar-refractivity contribution is 5.95. The number of aryl methyl sites for hydroxylation is 2. The van der Waals surface area contributed by atoms with Crippen molar-refractivity contribution >= 4 is 5.91 Å². The monoisotopic (exact) mass is 329 g/mol. The van der Waals surface area contributed by atoms with Crippen LogP contribution in [0.4, 0.5) is 0 Å². The average Bonchev–Trinajstić information content (AvgIpc) is 3.24. The van der Waals surface area contributed by atoms with E-state index in [9.17, 15) is 4.79 Å². The van der Waals surface area contributed by atoms with E-state index in [1.54, 1.807) is 12.4 Å². The molecule has 24 heavy (non-hydrogen) atoms. The fourth-order valence-corrected chi connectivity index (χ4v) is 3.53. The van der Waals surface area contributed by atoms with Crippen LogP contribution in [0.25, 0.3) is 0 Å². The second kappa shape index (κ2) is 7.64. The number of hydrogen-bond donors (Lipinski definition) is 0. The Bertz CT molecular complexity index is 661. The third-order valence-corrected chi connectivity index (χ3v) is 4.94. The molecule has 0 spiro atoms. The Morgan fingerprint density at radius 3 is 2.96 bits per heavy atom. The largest absolute Gasteiger partial charge is 0.337 e. The zero-order valence-corrected chi connectivity index (χ0v) is 14.7. The minimum atomic E-state index is 0.144. The molecule has 6 heteroatoms. The normalized spacial score (nSPS) is 18.1. The number of carbonyl (C=O) groups is 1. The van der Waals surface area contributed by atoms with Gasteiger partial charge in [0, 0.05) is 43.8 Å². The zero-order valence-electron chi connectivity index (χ0n) is 14.7. The van der Waals surface area contributed by atoms with Gasteiger partial charge in [-0.25, -0.2) is 4.98 Å². The third-order valence-electron chi connectivity index (χ3n) is 4.94. The van der Waals surface area contributed by atoms with Crippen molar-refractivity contribution < 1.29 is 4.79 Å². The van der Waals surface area contributed by atoms with Gasteiger partial charge in [-0.2, -0.15) is 5.10 Å². The summed E-state index contributed by atoms with van der Waals surface area (Å²) < 4.78 is 4.03. The summed E-state index contributed by atoms with van der Waals surface area (Å²) >= 11 is 0. The lowest BCUT2D eigenvalue weighted by Crippen LogP contribution is -2.44. The average molecular weight is 329 g/mol. The Morgan fingerprint density at radius 2 is 2.21 bits per heavy atom. The highest BCUT2D eigenvalue weighted by atomic mass is 16.2. The first-order chi connectivity index (χ1) is 11.7.